The third-order valence-electron chi connectivity index (χ3n) is 2.05. The lowest BCUT2D eigenvalue weighted by Crippen LogP contribution is -2.45. The molecule has 0 unspecified atom stereocenters. The van der Waals surface area contributed by atoms with E-state index in [1.54, 1.807) is 12.1 Å². The highest BCUT2D eigenvalue weighted by atomic mass is 32.1. The lowest BCUT2D eigenvalue weighted by atomic mass is 10.1. The molecule has 110 valence electrons. The zero-order valence-corrected chi connectivity index (χ0v) is 12.8. The topological polar surface area (TPSA) is 87.3 Å². The van der Waals surface area contributed by atoms with Crippen LogP contribution in [0.25, 0.3) is 0 Å². The Morgan fingerprint density at radius 2 is 1.85 bits per heavy atom. The van der Waals surface area contributed by atoms with Crippen molar-refractivity contribution < 1.29 is 14.4 Å². The highest BCUT2D eigenvalue weighted by Gasteiger charge is 2.15. The predicted octanol–water partition coefficient (Wildman–Crippen LogP) is 1.35. The monoisotopic (exact) mass is 297 g/mol. The van der Waals surface area contributed by atoms with Gasteiger partial charge in [-0.3, -0.25) is 14.4 Å². The zero-order valence-electron chi connectivity index (χ0n) is 12.0. The Morgan fingerprint density at radius 1 is 1.20 bits per heavy atom. The van der Waals surface area contributed by atoms with Crippen molar-refractivity contribution in [2.75, 3.05) is 11.9 Å². The van der Waals surface area contributed by atoms with Crippen LogP contribution in [0.4, 0.5) is 5.00 Å². The van der Waals surface area contributed by atoms with E-state index in [-0.39, 0.29) is 29.8 Å². The van der Waals surface area contributed by atoms with Crippen LogP contribution >= 0.6 is 11.3 Å². The molecule has 1 aromatic rings. The van der Waals surface area contributed by atoms with Gasteiger partial charge in [-0.1, -0.05) is 0 Å². The number of thiophene rings is 1. The minimum absolute atomic E-state index is 0.0799. The molecule has 3 N–H and O–H groups in total. The Bertz CT molecular complexity index is 517. The smallest absolute Gasteiger partial charge is 0.261 e. The van der Waals surface area contributed by atoms with E-state index in [0.717, 1.165) is 11.3 Å². The summed E-state index contributed by atoms with van der Waals surface area (Å²) in [5, 5.41) is 8.48. The molecule has 7 heteroatoms. The van der Waals surface area contributed by atoms with Crippen LogP contribution in [0.2, 0.25) is 0 Å². The lowest BCUT2D eigenvalue weighted by molar-refractivity contribution is -0.121. The molecule has 0 aliphatic rings. The van der Waals surface area contributed by atoms with E-state index < -0.39 is 0 Å². The molecule has 1 aromatic heterocycles. The summed E-state index contributed by atoms with van der Waals surface area (Å²) < 4.78 is 0. The van der Waals surface area contributed by atoms with Gasteiger partial charge in [0, 0.05) is 12.5 Å². The van der Waals surface area contributed by atoms with Gasteiger partial charge in [0.15, 0.2) is 0 Å². The summed E-state index contributed by atoms with van der Waals surface area (Å²) in [6.07, 6.45) is 0. The van der Waals surface area contributed by atoms with Gasteiger partial charge in [0.1, 0.15) is 0 Å². The van der Waals surface area contributed by atoms with Crippen LogP contribution < -0.4 is 16.0 Å². The fourth-order valence-corrected chi connectivity index (χ4v) is 2.28. The maximum Gasteiger partial charge on any atom is 0.261 e. The van der Waals surface area contributed by atoms with Crippen molar-refractivity contribution in [2.45, 2.75) is 33.2 Å². The van der Waals surface area contributed by atoms with Crippen LogP contribution in [0.1, 0.15) is 37.4 Å². The first kappa shape index (κ1) is 16.2. The summed E-state index contributed by atoms with van der Waals surface area (Å²) >= 11 is 1.16. The fraction of sp³-hybridized carbons (Fsp3) is 0.462. The second kappa shape index (κ2) is 6.51. The second-order valence-corrected chi connectivity index (χ2v) is 6.41. The summed E-state index contributed by atoms with van der Waals surface area (Å²) in [6, 6.07) is 3.25. The number of hydrogen-bond donors (Lipinski definition) is 3. The van der Waals surface area contributed by atoms with E-state index in [0.29, 0.717) is 9.88 Å². The number of hydrogen-bond acceptors (Lipinski definition) is 4. The molecule has 0 aromatic carbocycles. The highest BCUT2D eigenvalue weighted by Crippen LogP contribution is 2.21. The quantitative estimate of drug-likeness (QED) is 0.784. The number of anilines is 1. The molecule has 1 rings (SSSR count). The maximum absolute atomic E-state index is 11.8. The van der Waals surface area contributed by atoms with E-state index in [4.69, 9.17) is 0 Å². The molecular weight excluding hydrogens is 278 g/mol. The first-order valence-corrected chi connectivity index (χ1v) is 6.95. The van der Waals surface area contributed by atoms with Gasteiger partial charge in [0.05, 0.1) is 16.4 Å². The molecule has 0 saturated heterocycles. The van der Waals surface area contributed by atoms with E-state index in [1.165, 1.54) is 6.92 Å². The Morgan fingerprint density at radius 3 is 2.40 bits per heavy atom. The van der Waals surface area contributed by atoms with Gasteiger partial charge in [0.2, 0.25) is 11.8 Å². The summed E-state index contributed by atoms with van der Waals surface area (Å²) in [5.41, 5.74) is -0.330. The van der Waals surface area contributed by atoms with Crippen LogP contribution in [0.3, 0.4) is 0 Å². The molecule has 0 saturated carbocycles. The molecule has 6 nitrogen and oxygen atoms in total. The molecule has 0 spiro atoms. The summed E-state index contributed by atoms with van der Waals surface area (Å²) in [4.78, 5) is 34.7. The maximum atomic E-state index is 11.8. The van der Waals surface area contributed by atoms with Gasteiger partial charge < -0.3 is 16.0 Å². The molecule has 1 heterocycles. The molecule has 0 aliphatic carbocycles. The standard InChI is InChI=1S/C13H19N3O3S/c1-8(17)15-11-6-5-9(20-11)12(19)14-7-10(18)16-13(2,3)4/h5-6H,7H2,1-4H3,(H,14,19)(H,15,17)(H,16,18). The van der Waals surface area contributed by atoms with Crippen molar-refractivity contribution in [1.29, 1.82) is 0 Å². The Kier molecular flexibility index (Phi) is 5.26. The molecule has 0 aliphatic heterocycles. The largest absolute Gasteiger partial charge is 0.350 e. The van der Waals surface area contributed by atoms with Crippen LogP contribution in [-0.4, -0.2) is 29.8 Å². The van der Waals surface area contributed by atoms with Crippen LogP contribution in [-0.2, 0) is 9.59 Å². The Hall–Kier alpha value is -1.89. The zero-order chi connectivity index (χ0) is 15.3. The van der Waals surface area contributed by atoms with Gasteiger partial charge in [-0.2, -0.15) is 0 Å². The predicted molar refractivity (Wildman–Crippen MR) is 78.9 cm³/mol. The van der Waals surface area contributed by atoms with Gasteiger partial charge in [-0.25, -0.2) is 0 Å². The first-order chi connectivity index (χ1) is 9.17. The number of carbonyl (C=O) groups excluding carboxylic acids is 3. The van der Waals surface area contributed by atoms with Crippen molar-refractivity contribution >= 4 is 34.1 Å². The average molecular weight is 297 g/mol. The summed E-state index contributed by atoms with van der Waals surface area (Å²) in [5.74, 6) is -0.775. The lowest BCUT2D eigenvalue weighted by Gasteiger charge is -2.20. The van der Waals surface area contributed by atoms with E-state index in [9.17, 15) is 14.4 Å². The SMILES string of the molecule is CC(=O)Nc1ccc(C(=O)NCC(=O)NC(C)(C)C)s1. The molecule has 0 fully saturated rings. The van der Waals surface area contributed by atoms with E-state index in [1.807, 2.05) is 20.8 Å². The van der Waals surface area contributed by atoms with Gasteiger partial charge >= 0.3 is 0 Å². The Labute approximate surface area is 121 Å². The number of nitrogens with one attached hydrogen (secondary N) is 3. The van der Waals surface area contributed by atoms with Gasteiger partial charge in [-0.05, 0) is 32.9 Å². The van der Waals surface area contributed by atoms with Gasteiger partial charge in [0.25, 0.3) is 5.91 Å². The van der Waals surface area contributed by atoms with E-state index >= 15 is 0 Å². The fourth-order valence-electron chi connectivity index (χ4n) is 1.41. The van der Waals surface area contributed by atoms with Crippen molar-refractivity contribution in [1.82, 2.24) is 10.6 Å². The minimum atomic E-state index is -0.337. The van der Waals surface area contributed by atoms with Crippen molar-refractivity contribution in [3.8, 4) is 0 Å². The summed E-state index contributed by atoms with van der Waals surface area (Å²) in [7, 11) is 0. The molecule has 3 amide bonds. The van der Waals surface area contributed by atoms with Crippen LogP contribution in [0.5, 0.6) is 0 Å². The molecular formula is C13H19N3O3S. The second-order valence-electron chi connectivity index (χ2n) is 5.33. The highest BCUT2D eigenvalue weighted by molar-refractivity contribution is 7.18. The Balaban J connectivity index is 2.49. The third-order valence-corrected chi connectivity index (χ3v) is 3.05. The number of rotatable bonds is 4. The van der Waals surface area contributed by atoms with Crippen LogP contribution in [0.15, 0.2) is 12.1 Å². The minimum Gasteiger partial charge on any atom is -0.350 e. The van der Waals surface area contributed by atoms with Gasteiger partial charge in [-0.15, -0.1) is 11.3 Å². The molecule has 20 heavy (non-hydrogen) atoms. The summed E-state index contributed by atoms with van der Waals surface area (Å²) in [6.45, 7) is 6.92. The van der Waals surface area contributed by atoms with Crippen molar-refractivity contribution in [3.63, 3.8) is 0 Å². The molecule has 0 bridgehead atoms. The third kappa shape index (κ3) is 5.83. The first-order valence-electron chi connectivity index (χ1n) is 6.14. The molecule has 0 radical (unpaired) electrons. The van der Waals surface area contributed by atoms with Crippen LogP contribution in [0, 0.1) is 0 Å². The molecule has 0 atom stereocenters. The number of amides is 3. The van der Waals surface area contributed by atoms with E-state index in [2.05, 4.69) is 16.0 Å². The van der Waals surface area contributed by atoms with Crippen molar-refractivity contribution in [2.24, 2.45) is 0 Å². The number of carbonyl (C=O) groups is 3. The average Bonchev–Trinajstić information content (AvgIpc) is 2.71. The normalized spacial score (nSPS) is 10.8. The van der Waals surface area contributed by atoms with Crippen molar-refractivity contribution in [3.05, 3.63) is 17.0 Å².